The lowest BCUT2D eigenvalue weighted by Gasteiger charge is -2.28. The highest BCUT2D eigenvalue weighted by Gasteiger charge is 2.21. The maximum absolute atomic E-state index is 12.7. The van der Waals surface area contributed by atoms with Crippen molar-refractivity contribution in [2.75, 3.05) is 47.5 Å². The average molecular weight is 906 g/mol. The summed E-state index contributed by atoms with van der Waals surface area (Å²) in [5.74, 6) is -0.925. The number of hydrogen-bond acceptors (Lipinski definition) is 8. The van der Waals surface area contributed by atoms with Gasteiger partial charge in [-0.05, 0) is 51.4 Å². The Hall–Kier alpha value is -2.29. The van der Waals surface area contributed by atoms with Crippen LogP contribution < -0.4 is 4.89 Å². The van der Waals surface area contributed by atoms with Crippen molar-refractivity contribution in [2.24, 2.45) is 0 Å². The number of esters is 2. The number of rotatable bonds is 46. The number of quaternary nitrogens is 1. The number of allylic oxidation sites excluding steroid dienone is 10. The molecular formula is C53H96NO8P. The lowest BCUT2D eigenvalue weighted by atomic mass is 10.0. The molecule has 0 rings (SSSR count). The molecule has 63 heavy (non-hydrogen) atoms. The van der Waals surface area contributed by atoms with Gasteiger partial charge in [0.25, 0.3) is 7.82 Å². The Morgan fingerprint density at radius 2 is 0.889 bits per heavy atom. The first-order chi connectivity index (χ1) is 30.5. The number of carbonyl (C=O) groups is 2. The molecule has 0 bridgehead atoms. The van der Waals surface area contributed by atoms with Gasteiger partial charge in [0.15, 0.2) is 6.10 Å². The second kappa shape index (κ2) is 44.9. The van der Waals surface area contributed by atoms with Crippen LogP contribution in [0.25, 0.3) is 0 Å². The molecule has 1 unspecified atom stereocenters. The van der Waals surface area contributed by atoms with E-state index in [4.69, 9.17) is 18.5 Å². The molecule has 0 aromatic heterocycles. The van der Waals surface area contributed by atoms with Crippen LogP contribution in [0.15, 0.2) is 60.8 Å². The molecule has 0 aliphatic rings. The summed E-state index contributed by atoms with van der Waals surface area (Å²) in [4.78, 5) is 37.7. The van der Waals surface area contributed by atoms with Gasteiger partial charge in [-0.1, -0.05) is 209 Å². The number of hydrogen-bond donors (Lipinski definition) is 0. The minimum absolute atomic E-state index is 0.0426. The Balaban J connectivity index is 4.36. The van der Waals surface area contributed by atoms with Crippen LogP contribution in [0.1, 0.15) is 213 Å². The highest BCUT2D eigenvalue weighted by Crippen LogP contribution is 2.38. The average Bonchev–Trinajstić information content (AvgIpc) is 3.24. The SMILES string of the molecule is CCCCC/C=C/C/C=C/C/C=C/C/C=C/C/C=C/CCC(=O)OC[C@H](COP(=O)([O-])OCC[N+](C)(C)C)OC(=O)CCCCCCCCCCCCCCCCCCCCCC. The Kier molecular flexibility index (Phi) is 43.3. The molecule has 0 heterocycles. The second-order valence-electron chi connectivity index (χ2n) is 18.2. The van der Waals surface area contributed by atoms with Crippen molar-refractivity contribution < 1.29 is 42.1 Å². The first kappa shape index (κ1) is 60.7. The standard InChI is InChI=1S/C53H96NO8P/c1-6-8-10-12-14-16-18-20-22-24-26-28-30-32-34-36-38-40-42-44-46-53(56)62-51(50-61-63(57,58)60-48-47-54(3,4)5)49-59-52(55)45-43-41-39-37-35-33-31-29-27-25-23-21-19-17-15-13-11-9-7-2/h15,17,21,23,27,29,33,35,39,41,51H,6-14,16,18-20,22,24-26,28,30-32,34,36-38,40,42-50H2,1-5H3/b17-15+,23-21+,29-27+,35-33+,41-39+/t51-/m1/s1. The number of phosphoric acid groups is 1. The van der Waals surface area contributed by atoms with Crippen LogP contribution in [0.3, 0.4) is 0 Å². The zero-order valence-corrected chi connectivity index (χ0v) is 42.2. The number of likely N-dealkylation sites (N-methyl/N-ethyl adjacent to an activating group) is 1. The summed E-state index contributed by atoms with van der Waals surface area (Å²) in [6, 6.07) is 0. The molecule has 9 nitrogen and oxygen atoms in total. The fourth-order valence-corrected chi connectivity index (χ4v) is 7.54. The van der Waals surface area contributed by atoms with Crippen molar-refractivity contribution in [1.82, 2.24) is 0 Å². The van der Waals surface area contributed by atoms with Crippen molar-refractivity contribution in [1.29, 1.82) is 0 Å². The van der Waals surface area contributed by atoms with Crippen LogP contribution in [0, 0.1) is 0 Å². The normalized spacial score (nSPS) is 13.9. The van der Waals surface area contributed by atoms with E-state index in [1.54, 1.807) is 0 Å². The van der Waals surface area contributed by atoms with Gasteiger partial charge in [0.1, 0.15) is 19.8 Å². The van der Waals surface area contributed by atoms with E-state index in [2.05, 4.69) is 62.5 Å². The quantitative estimate of drug-likeness (QED) is 0.0195. The lowest BCUT2D eigenvalue weighted by Crippen LogP contribution is -2.37. The van der Waals surface area contributed by atoms with Crippen LogP contribution in [0.5, 0.6) is 0 Å². The van der Waals surface area contributed by atoms with Gasteiger partial charge in [-0.25, -0.2) is 0 Å². The first-order valence-corrected chi connectivity index (χ1v) is 27.0. The topological polar surface area (TPSA) is 111 Å². The summed E-state index contributed by atoms with van der Waals surface area (Å²) in [6.07, 6.45) is 55.5. The molecule has 0 N–H and O–H groups in total. The van der Waals surface area contributed by atoms with Gasteiger partial charge in [0.05, 0.1) is 27.7 Å². The highest BCUT2D eigenvalue weighted by molar-refractivity contribution is 7.45. The third kappa shape index (κ3) is 49.0. The van der Waals surface area contributed by atoms with E-state index in [-0.39, 0.29) is 26.1 Å². The Morgan fingerprint density at radius 1 is 0.492 bits per heavy atom. The predicted molar refractivity (Wildman–Crippen MR) is 263 cm³/mol. The van der Waals surface area contributed by atoms with Gasteiger partial charge in [-0.3, -0.25) is 14.2 Å². The summed E-state index contributed by atoms with van der Waals surface area (Å²) in [5, 5.41) is 0. The van der Waals surface area contributed by atoms with Gasteiger partial charge in [0.2, 0.25) is 0 Å². The molecule has 0 aliphatic heterocycles. The number of ether oxygens (including phenoxy) is 2. The fourth-order valence-electron chi connectivity index (χ4n) is 6.81. The molecule has 0 aromatic carbocycles. The summed E-state index contributed by atoms with van der Waals surface area (Å²) < 4.78 is 33.9. The molecule has 0 aliphatic carbocycles. The number of phosphoric ester groups is 1. The van der Waals surface area contributed by atoms with Crippen molar-refractivity contribution >= 4 is 19.8 Å². The molecule has 10 heteroatoms. The Labute approximate surface area is 387 Å². The maximum atomic E-state index is 12.7. The van der Waals surface area contributed by atoms with Crippen LogP contribution in [0.4, 0.5) is 0 Å². The van der Waals surface area contributed by atoms with Gasteiger partial charge >= 0.3 is 11.9 Å². The van der Waals surface area contributed by atoms with Crippen molar-refractivity contribution in [2.45, 2.75) is 219 Å². The Morgan fingerprint density at radius 3 is 1.33 bits per heavy atom. The molecule has 0 spiro atoms. The summed E-state index contributed by atoms with van der Waals surface area (Å²) in [7, 11) is 1.13. The smallest absolute Gasteiger partial charge is 0.306 e. The molecule has 0 aromatic rings. The third-order valence-corrected chi connectivity index (χ3v) is 11.8. The van der Waals surface area contributed by atoms with Gasteiger partial charge < -0.3 is 27.9 Å². The fraction of sp³-hybridized carbons (Fsp3) is 0.774. The summed E-state index contributed by atoms with van der Waals surface area (Å²) >= 11 is 0. The zero-order valence-electron chi connectivity index (χ0n) is 41.3. The maximum Gasteiger partial charge on any atom is 0.306 e. The third-order valence-electron chi connectivity index (χ3n) is 10.8. The van der Waals surface area contributed by atoms with Crippen LogP contribution in [-0.2, 0) is 32.7 Å². The van der Waals surface area contributed by atoms with Gasteiger partial charge in [0, 0.05) is 12.8 Å². The minimum atomic E-state index is -4.65. The van der Waals surface area contributed by atoms with Crippen LogP contribution in [0.2, 0.25) is 0 Å². The summed E-state index contributed by atoms with van der Waals surface area (Å²) in [5.41, 5.74) is 0. The van der Waals surface area contributed by atoms with Crippen molar-refractivity contribution in [3.05, 3.63) is 60.8 Å². The lowest BCUT2D eigenvalue weighted by molar-refractivity contribution is -0.870. The zero-order chi connectivity index (χ0) is 46.4. The number of nitrogens with zero attached hydrogens (tertiary/aromatic N) is 1. The first-order valence-electron chi connectivity index (χ1n) is 25.5. The molecule has 0 radical (unpaired) electrons. The van der Waals surface area contributed by atoms with Crippen molar-refractivity contribution in [3.8, 4) is 0 Å². The molecule has 0 saturated heterocycles. The summed E-state index contributed by atoms with van der Waals surface area (Å²) in [6.45, 7) is 4.14. The van der Waals surface area contributed by atoms with E-state index in [0.29, 0.717) is 23.9 Å². The largest absolute Gasteiger partial charge is 0.756 e. The molecule has 0 amide bonds. The monoisotopic (exact) mass is 906 g/mol. The van der Waals surface area contributed by atoms with E-state index in [0.717, 1.165) is 44.9 Å². The minimum Gasteiger partial charge on any atom is -0.756 e. The molecule has 366 valence electrons. The molecular weight excluding hydrogens is 810 g/mol. The van der Waals surface area contributed by atoms with Crippen molar-refractivity contribution in [3.63, 3.8) is 0 Å². The molecule has 0 saturated carbocycles. The van der Waals surface area contributed by atoms with E-state index in [1.165, 1.54) is 128 Å². The van der Waals surface area contributed by atoms with E-state index in [9.17, 15) is 19.0 Å². The van der Waals surface area contributed by atoms with Crippen LogP contribution in [-0.4, -0.2) is 70.0 Å². The van der Waals surface area contributed by atoms with Gasteiger partial charge in [-0.2, -0.15) is 0 Å². The van der Waals surface area contributed by atoms with Crippen LogP contribution >= 0.6 is 7.82 Å². The number of unbranched alkanes of at least 4 members (excludes halogenated alkanes) is 22. The van der Waals surface area contributed by atoms with Gasteiger partial charge in [-0.15, -0.1) is 0 Å². The van der Waals surface area contributed by atoms with E-state index in [1.807, 2.05) is 33.3 Å². The predicted octanol–water partition coefficient (Wildman–Crippen LogP) is 14.6. The molecule has 0 fully saturated rings. The highest BCUT2D eigenvalue weighted by atomic mass is 31.2. The number of carbonyl (C=O) groups excluding carboxylic acids is 2. The Bertz CT molecular complexity index is 1250. The second-order valence-corrected chi connectivity index (χ2v) is 19.6. The van der Waals surface area contributed by atoms with E-state index >= 15 is 0 Å². The molecule has 2 atom stereocenters. The van der Waals surface area contributed by atoms with E-state index < -0.39 is 32.5 Å².